The van der Waals surface area contributed by atoms with Crippen molar-refractivity contribution in [2.75, 3.05) is 20.3 Å². The van der Waals surface area contributed by atoms with Crippen LogP contribution in [-0.2, 0) is 23.9 Å². The van der Waals surface area contributed by atoms with Crippen molar-refractivity contribution in [3.63, 3.8) is 0 Å². The molecule has 172 valence electrons. The summed E-state index contributed by atoms with van der Waals surface area (Å²) in [7, 11) is 1.29. The number of benzene rings is 2. The van der Waals surface area contributed by atoms with E-state index in [-0.39, 0.29) is 25.6 Å². The normalized spacial score (nSPS) is 13.7. The van der Waals surface area contributed by atoms with E-state index in [2.05, 4.69) is 11.2 Å². The molecule has 0 spiro atoms. The molecule has 0 aliphatic heterocycles. The third-order valence-electron chi connectivity index (χ3n) is 5.17. The lowest BCUT2D eigenvalue weighted by Gasteiger charge is -2.19. The Morgan fingerprint density at radius 2 is 1.70 bits per heavy atom. The standard InChI is InChI=1S/C24H24N2O7/c1-3-8-20(22(27)26-33-21(14-31-2)23(28)29)25-24(30)32-13-19-17-11-6-4-9-15(17)16-10-5-7-12-18(16)19/h1,4-7,9-12,19-21H,8,13-14H2,2H3,(H,25,30)(H,26,27)(H,28,29). The SMILES string of the molecule is C#CCC(NC(=O)OCC1c2ccccc2-c2ccccc21)C(=O)NOC(COC)C(=O)O. The zero-order chi connectivity index (χ0) is 23.8. The molecule has 2 atom stereocenters. The summed E-state index contributed by atoms with van der Waals surface area (Å²) in [6, 6.07) is 14.6. The molecule has 0 saturated carbocycles. The first-order valence-electron chi connectivity index (χ1n) is 10.2. The van der Waals surface area contributed by atoms with Gasteiger partial charge in [0.25, 0.3) is 5.91 Å². The number of nitrogens with one attached hydrogen (secondary N) is 2. The van der Waals surface area contributed by atoms with Gasteiger partial charge in [-0.1, -0.05) is 48.5 Å². The lowest BCUT2D eigenvalue weighted by atomic mass is 9.98. The van der Waals surface area contributed by atoms with Crippen LogP contribution in [0.2, 0.25) is 0 Å². The third kappa shape index (κ3) is 5.68. The predicted octanol–water partition coefficient (Wildman–Crippen LogP) is 2.06. The third-order valence-corrected chi connectivity index (χ3v) is 5.17. The van der Waals surface area contributed by atoms with Crippen molar-refractivity contribution in [2.45, 2.75) is 24.5 Å². The first-order chi connectivity index (χ1) is 16.0. The number of carbonyl (C=O) groups is 3. The molecule has 9 nitrogen and oxygen atoms in total. The van der Waals surface area contributed by atoms with Crippen LogP contribution in [0.25, 0.3) is 11.1 Å². The second kappa shape index (κ2) is 11.1. The van der Waals surface area contributed by atoms with Gasteiger partial charge in [0.1, 0.15) is 12.6 Å². The molecule has 0 heterocycles. The number of rotatable bonds is 10. The number of carboxylic acid groups (broad SMARTS) is 1. The second-order valence-electron chi connectivity index (χ2n) is 7.30. The fourth-order valence-corrected chi connectivity index (χ4v) is 3.62. The molecule has 0 radical (unpaired) electrons. The van der Waals surface area contributed by atoms with Gasteiger partial charge < -0.3 is 19.9 Å². The van der Waals surface area contributed by atoms with Gasteiger partial charge in [-0.25, -0.2) is 15.1 Å². The molecule has 0 fully saturated rings. The fraction of sp³-hybridized carbons (Fsp3) is 0.292. The van der Waals surface area contributed by atoms with Gasteiger partial charge in [-0.05, 0) is 22.3 Å². The predicted molar refractivity (Wildman–Crippen MR) is 118 cm³/mol. The number of methoxy groups -OCH3 is 1. The molecule has 3 rings (SSSR count). The van der Waals surface area contributed by atoms with Gasteiger partial charge in [-0.3, -0.25) is 9.63 Å². The van der Waals surface area contributed by atoms with Crippen LogP contribution in [0.3, 0.4) is 0 Å². The number of aliphatic carboxylic acids is 1. The summed E-state index contributed by atoms with van der Waals surface area (Å²) in [5.41, 5.74) is 6.28. The average molecular weight is 452 g/mol. The van der Waals surface area contributed by atoms with Crippen LogP contribution < -0.4 is 10.8 Å². The van der Waals surface area contributed by atoms with E-state index >= 15 is 0 Å². The van der Waals surface area contributed by atoms with Crippen LogP contribution in [0.5, 0.6) is 0 Å². The van der Waals surface area contributed by atoms with E-state index in [0.717, 1.165) is 22.3 Å². The van der Waals surface area contributed by atoms with Gasteiger partial charge in [0.05, 0.1) is 6.61 Å². The summed E-state index contributed by atoms with van der Waals surface area (Å²) in [5, 5.41) is 11.4. The summed E-state index contributed by atoms with van der Waals surface area (Å²) >= 11 is 0. The summed E-state index contributed by atoms with van der Waals surface area (Å²) < 4.78 is 10.1. The number of terminal acetylenes is 1. The van der Waals surface area contributed by atoms with Crippen LogP contribution in [0, 0.1) is 12.3 Å². The summed E-state index contributed by atoms with van der Waals surface area (Å²) in [6.07, 6.45) is 2.90. The van der Waals surface area contributed by atoms with E-state index in [4.69, 9.17) is 25.8 Å². The highest BCUT2D eigenvalue weighted by Crippen LogP contribution is 2.44. The van der Waals surface area contributed by atoms with Gasteiger partial charge in [0, 0.05) is 19.4 Å². The van der Waals surface area contributed by atoms with Crippen molar-refractivity contribution < 1.29 is 33.8 Å². The number of alkyl carbamates (subject to hydrolysis) is 1. The number of carboxylic acids is 1. The summed E-state index contributed by atoms with van der Waals surface area (Å²) in [4.78, 5) is 40.7. The van der Waals surface area contributed by atoms with Crippen LogP contribution in [0.4, 0.5) is 4.79 Å². The molecule has 2 unspecified atom stereocenters. The molecular formula is C24H24N2O7. The first kappa shape index (κ1) is 23.8. The topological polar surface area (TPSA) is 123 Å². The zero-order valence-corrected chi connectivity index (χ0v) is 17.9. The summed E-state index contributed by atoms with van der Waals surface area (Å²) in [5.74, 6) is 0.00345. The Kier molecular flexibility index (Phi) is 8.02. The van der Waals surface area contributed by atoms with Gasteiger partial charge in [-0.15, -0.1) is 12.3 Å². The van der Waals surface area contributed by atoms with Crippen LogP contribution in [-0.4, -0.2) is 55.5 Å². The van der Waals surface area contributed by atoms with Crippen LogP contribution >= 0.6 is 0 Å². The smallest absolute Gasteiger partial charge is 0.407 e. The van der Waals surface area contributed by atoms with Gasteiger partial charge in [0.15, 0.2) is 0 Å². The monoisotopic (exact) mass is 452 g/mol. The van der Waals surface area contributed by atoms with Crippen LogP contribution in [0.1, 0.15) is 23.5 Å². The quantitative estimate of drug-likeness (QED) is 0.372. The molecule has 0 saturated heterocycles. The number of hydrogen-bond acceptors (Lipinski definition) is 6. The maximum Gasteiger partial charge on any atom is 0.407 e. The highest BCUT2D eigenvalue weighted by Gasteiger charge is 2.30. The Balaban J connectivity index is 1.60. The molecule has 1 aliphatic rings. The van der Waals surface area contributed by atoms with Gasteiger partial charge in [0.2, 0.25) is 6.10 Å². The largest absolute Gasteiger partial charge is 0.479 e. The molecular weight excluding hydrogens is 428 g/mol. The van der Waals surface area contributed by atoms with Crippen molar-refractivity contribution in [1.29, 1.82) is 0 Å². The Morgan fingerprint density at radius 3 is 2.24 bits per heavy atom. The minimum atomic E-state index is -1.42. The number of carbonyl (C=O) groups excluding carboxylic acids is 2. The van der Waals surface area contributed by atoms with E-state index in [0.29, 0.717) is 0 Å². The molecule has 2 amide bonds. The van der Waals surface area contributed by atoms with E-state index < -0.39 is 30.1 Å². The Labute approximate surface area is 191 Å². The van der Waals surface area contributed by atoms with E-state index in [1.165, 1.54) is 7.11 Å². The zero-order valence-electron chi connectivity index (χ0n) is 17.9. The number of hydroxylamine groups is 1. The van der Waals surface area contributed by atoms with Gasteiger partial charge >= 0.3 is 12.1 Å². The maximum atomic E-state index is 12.4. The van der Waals surface area contributed by atoms with E-state index in [1.54, 1.807) is 0 Å². The lowest BCUT2D eigenvalue weighted by Crippen LogP contribution is -2.48. The van der Waals surface area contributed by atoms with Crippen LogP contribution in [0.15, 0.2) is 48.5 Å². The molecule has 3 N–H and O–H groups in total. The minimum Gasteiger partial charge on any atom is -0.479 e. The number of ether oxygens (including phenoxy) is 2. The number of fused-ring (bicyclic) bond motifs is 3. The Hall–Kier alpha value is -3.87. The highest BCUT2D eigenvalue weighted by atomic mass is 16.7. The molecule has 2 aromatic carbocycles. The average Bonchev–Trinajstić information content (AvgIpc) is 3.13. The van der Waals surface area contributed by atoms with Gasteiger partial charge in [-0.2, -0.15) is 0 Å². The first-order valence-corrected chi connectivity index (χ1v) is 10.2. The molecule has 0 aromatic heterocycles. The van der Waals surface area contributed by atoms with Crippen molar-refractivity contribution >= 4 is 18.0 Å². The highest BCUT2D eigenvalue weighted by molar-refractivity contribution is 5.85. The van der Waals surface area contributed by atoms with E-state index in [1.807, 2.05) is 54.0 Å². The Bertz CT molecular complexity index is 1020. The maximum absolute atomic E-state index is 12.4. The fourth-order valence-electron chi connectivity index (χ4n) is 3.62. The molecule has 1 aliphatic carbocycles. The minimum absolute atomic E-state index is 0.0652. The summed E-state index contributed by atoms with van der Waals surface area (Å²) in [6.45, 7) is -0.217. The lowest BCUT2D eigenvalue weighted by molar-refractivity contribution is -0.165. The van der Waals surface area contributed by atoms with E-state index in [9.17, 15) is 14.4 Å². The molecule has 2 aromatic rings. The van der Waals surface area contributed by atoms with Crippen molar-refractivity contribution in [1.82, 2.24) is 10.8 Å². The van der Waals surface area contributed by atoms with Crippen molar-refractivity contribution in [3.05, 3.63) is 59.7 Å². The number of amides is 2. The van der Waals surface area contributed by atoms with Crippen molar-refractivity contribution in [2.24, 2.45) is 0 Å². The molecule has 0 bridgehead atoms. The molecule has 33 heavy (non-hydrogen) atoms. The van der Waals surface area contributed by atoms with Crippen molar-refractivity contribution in [3.8, 4) is 23.5 Å². The molecule has 9 heteroatoms. The number of hydrogen-bond donors (Lipinski definition) is 3. The second-order valence-corrected chi connectivity index (χ2v) is 7.30. The Morgan fingerprint density at radius 1 is 1.09 bits per heavy atom.